The molecule has 13 heteroatoms. The summed E-state index contributed by atoms with van der Waals surface area (Å²) in [5.41, 5.74) is -0.267. The maximum atomic E-state index is 14.7. The molecule has 0 radical (unpaired) electrons. The zero-order valence-electron chi connectivity index (χ0n) is 39.5. The van der Waals surface area contributed by atoms with E-state index in [0.717, 1.165) is 25.7 Å². The van der Waals surface area contributed by atoms with E-state index >= 15 is 0 Å². The average Bonchev–Trinajstić information content (AvgIpc) is 3.13. The number of unbranched alkanes of at least 4 members (excludes halogenated alkanes) is 1. The first-order chi connectivity index (χ1) is 27.4. The first-order valence-electron chi connectivity index (χ1n) is 22.1. The third kappa shape index (κ3) is 17.1. The van der Waals surface area contributed by atoms with E-state index in [1.54, 1.807) is 20.1 Å². The highest BCUT2D eigenvalue weighted by atomic mass is 28.4. The Balaban J connectivity index is 2.53. The van der Waals surface area contributed by atoms with Crippen molar-refractivity contribution in [2.75, 3.05) is 46.5 Å². The highest BCUT2D eigenvalue weighted by Gasteiger charge is 2.44. The summed E-state index contributed by atoms with van der Waals surface area (Å²) in [4.78, 5) is 54.4. The molecule has 3 amide bonds. The van der Waals surface area contributed by atoms with Crippen LogP contribution in [0.25, 0.3) is 0 Å². The van der Waals surface area contributed by atoms with Crippen LogP contribution in [0.3, 0.4) is 0 Å². The highest BCUT2D eigenvalue weighted by molar-refractivity contribution is 6.74. The van der Waals surface area contributed by atoms with Gasteiger partial charge < -0.3 is 29.3 Å². The number of benzene rings is 1. The number of carbonyl (C=O) groups excluding carboxylic acids is 4. The maximum Gasteiger partial charge on any atom is 0.407 e. The number of methoxy groups -OCH3 is 1. The Bertz CT molecular complexity index is 1470. The molecule has 2 rings (SSSR count). The zero-order chi connectivity index (χ0) is 44.7. The summed E-state index contributed by atoms with van der Waals surface area (Å²) in [6.07, 6.45) is 2.90. The van der Waals surface area contributed by atoms with Crippen LogP contribution in [0.5, 0.6) is 5.75 Å². The number of rotatable bonds is 23. The molecular weight excluding hydrogens is 765 g/mol. The van der Waals surface area contributed by atoms with Gasteiger partial charge in [-0.1, -0.05) is 60.6 Å². The van der Waals surface area contributed by atoms with E-state index in [0.29, 0.717) is 63.5 Å². The van der Waals surface area contributed by atoms with Crippen molar-refractivity contribution in [3.63, 3.8) is 0 Å². The summed E-state index contributed by atoms with van der Waals surface area (Å²) in [6.45, 7) is 31.8. The predicted molar refractivity (Wildman–Crippen MR) is 239 cm³/mol. The lowest BCUT2D eigenvalue weighted by Crippen LogP contribution is -2.56. The Kier molecular flexibility index (Phi) is 21.1. The fourth-order valence-electron chi connectivity index (χ4n) is 7.27. The van der Waals surface area contributed by atoms with E-state index < -0.39 is 38.1 Å². The Morgan fingerprint density at radius 2 is 1.53 bits per heavy atom. The van der Waals surface area contributed by atoms with Gasteiger partial charge in [-0.05, 0) is 121 Å². The van der Waals surface area contributed by atoms with Crippen molar-refractivity contribution in [3.8, 4) is 5.75 Å². The fraction of sp³-hybridized carbons (Fsp3) is 0.783. The lowest BCUT2D eigenvalue weighted by molar-refractivity contribution is -0.159. The van der Waals surface area contributed by atoms with Gasteiger partial charge in [0.15, 0.2) is 8.32 Å². The lowest BCUT2D eigenvalue weighted by Gasteiger charge is -2.45. The minimum Gasteiger partial charge on any atom is -0.493 e. The third-order valence-corrected chi connectivity index (χ3v) is 16.6. The van der Waals surface area contributed by atoms with Crippen LogP contribution in [0.4, 0.5) is 4.79 Å². The number of Topliss-reactive ketones (excluding diaryl/α,β-unsaturated/α-hetero) is 1. The molecule has 338 valence electrons. The monoisotopic (exact) mass is 847 g/mol. The van der Waals surface area contributed by atoms with Crippen LogP contribution in [0.1, 0.15) is 132 Å². The number of ether oxygens (including phenoxy) is 3. The van der Waals surface area contributed by atoms with Crippen LogP contribution in [0, 0.1) is 29.6 Å². The van der Waals surface area contributed by atoms with Crippen LogP contribution in [0.15, 0.2) is 24.3 Å². The number of hydrogen-bond acceptors (Lipinski definition) is 9. The second-order valence-corrected chi connectivity index (χ2v) is 24.4. The number of hydrazine groups is 1. The number of hydrogen-bond donors (Lipinski definition) is 2. The van der Waals surface area contributed by atoms with E-state index in [1.807, 2.05) is 50.9 Å². The quantitative estimate of drug-likeness (QED) is 0.0818. The minimum atomic E-state index is -2.49. The van der Waals surface area contributed by atoms with Crippen molar-refractivity contribution in [3.05, 3.63) is 29.8 Å². The molecule has 1 fully saturated rings. The fourth-order valence-corrected chi connectivity index (χ4v) is 8.64. The number of carbonyl (C=O) groups is 4. The molecule has 4 unspecified atom stereocenters. The number of piperidine rings is 1. The number of amides is 3. The van der Waals surface area contributed by atoms with Crippen LogP contribution in [-0.2, 0) is 23.5 Å². The van der Waals surface area contributed by atoms with Crippen molar-refractivity contribution in [1.82, 2.24) is 20.7 Å². The van der Waals surface area contributed by atoms with Crippen molar-refractivity contribution < 1.29 is 37.8 Å². The summed E-state index contributed by atoms with van der Waals surface area (Å²) < 4.78 is 24.3. The molecule has 1 heterocycles. The smallest absolute Gasteiger partial charge is 0.407 e. The minimum absolute atomic E-state index is 0.0240. The van der Waals surface area contributed by atoms with Crippen LogP contribution in [-0.4, -0.2) is 106 Å². The predicted octanol–water partition coefficient (Wildman–Crippen LogP) is 8.89. The van der Waals surface area contributed by atoms with Crippen LogP contribution >= 0.6 is 0 Å². The van der Waals surface area contributed by atoms with Gasteiger partial charge in [0.25, 0.3) is 5.91 Å². The normalized spacial score (nSPS) is 16.6. The van der Waals surface area contributed by atoms with Gasteiger partial charge in [0.2, 0.25) is 5.91 Å². The summed E-state index contributed by atoms with van der Waals surface area (Å²) >= 11 is 0. The SMILES string of the molecule is CCN(C(=O)C(CC(O[Si](C)(C)C(C)(C)C)C(CC(CNC(=O)c1ccccc1OCCCCOC)C(C)C)NC(=O)OC(C)(C)C)C(C)C)N1CCC(C(C)=O)CC1. The van der Waals surface area contributed by atoms with Gasteiger partial charge in [-0.25, -0.2) is 9.80 Å². The van der Waals surface area contributed by atoms with Gasteiger partial charge in [0.1, 0.15) is 17.1 Å². The van der Waals surface area contributed by atoms with E-state index in [9.17, 15) is 19.2 Å². The molecule has 2 N–H and O–H groups in total. The highest BCUT2D eigenvalue weighted by Crippen LogP contribution is 2.40. The summed E-state index contributed by atoms with van der Waals surface area (Å²) in [5, 5.41) is 10.2. The molecule has 0 spiro atoms. The Hall–Kier alpha value is -3.00. The van der Waals surface area contributed by atoms with Gasteiger partial charge in [-0.3, -0.25) is 19.4 Å². The third-order valence-electron chi connectivity index (χ3n) is 12.1. The molecule has 12 nitrogen and oxygen atoms in total. The Morgan fingerprint density at radius 3 is 2.05 bits per heavy atom. The summed E-state index contributed by atoms with van der Waals surface area (Å²) in [5.74, 6) is 0.163. The first-order valence-corrected chi connectivity index (χ1v) is 25.1. The molecule has 1 aromatic carbocycles. The topological polar surface area (TPSA) is 136 Å². The van der Waals surface area contributed by atoms with Crippen molar-refractivity contribution in [2.45, 2.75) is 157 Å². The largest absolute Gasteiger partial charge is 0.493 e. The van der Waals surface area contributed by atoms with E-state index in [2.05, 4.69) is 77.2 Å². The molecule has 59 heavy (non-hydrogen) atoms. The van der Waals surface area contributed by atoms with E-state index in [4.69, 9.17) is 18.6 Å². The molecule has 4 atom stereocenters. The zero-order valence-corrected chi connectivity index (χ0v) is 40.5. The molecule has 1 aromatic rings. The number of para-hydroxylation sites is 1. The van der Waals surface area contributed by atoms with Gasteiger partial charge in [-0.2, -0.15) is 0 Å². The number of nitrogens with one attached hydrogen (secondary N) is 2. The molecule has 0 aliphatic carbocycles. The first kappa shape index (κ1) is 52.1. The summed E-state index contributed by atoms with van der Waals surface area (Å²) in [7, 11) is -0.808. The Labute approximate surface area is 358 Å². The second kappa shape index (κ2) is 23.8. The molecule has 0 aromatic heterocycles. The molecule has 0 saturated carbocycles. The molecular formula is C46H82N4O8Si. The van der Waals surface area contributed by atoms with Crippen molar-refractivity contribution in [2.24, 2.45) is 29.6 Å². The van der Waals surface area contributed by atoms with E-state index in [-0.39, 0.29) is 46.3 Å². The summed E-state index contributed by atoms with van der Waals surface area (Å²) in [6, 6.07) is 6.74. The second-order valence-electron chi connectivity index (χ2n) is 19.6. The lowest BCUT2D eigenvalue weighted by atomic mass is 9.82. The van der Waals surface area contributed by atoms with Gasteiger partial charge in [0.05, 0.1) is 24.3 Å². The van der Waals surface area contributed by atoms with Gasteiger partial charge in [0, 0.05) is 51.7 Å². The average molecular weight is 847 g/mol. The van der Waals surface area contributed by atoms with Crippen LogP contribution in [0.2, 0.25) is 18.1 Å². The molecule has 0 bridgehead atoms. The van der Waals surface area contributed by atoms with Crippen LogP contribution < -0.4 is 15.4 Å². The maximum absolute atomic E-state index is 14.7. The Morgan fingerprint density at radius 1 is 0.915 bits per heavy atom. The molecule has 1 aliphatic rings. The van der Waals surface area contributed by atoms with Gasteiger partial charge >= 0.3 is 6.09 Å². The van der Waals surface area contributed by atoms with E-state index in [1.165, 1.54) is 0 Å². The number of alkyl carbamates (subject to hydrolysis) is 1. The standard InChI is InChI=1S/C46H82N4O8Si/c1-16-50(49-25-23-35(24-26-49)34(6)51)43(53)38(33(4)5)30-41(58-59(14,15)46(10,11)12)39(48-44(54)57-45(7,8)9)29-36(32(2)3)31-47-42(52)37-21-17-18-22-40(37)56-28-20-19-27-55-13/h17-18,21-22,32-33,35-36,38-39,41H,16,19-20,23-31H2,1-15H3,(H,47,52)(H,48,54). The van der Waals surface area contributed by atoms with Crippen molar-refractivity contribution in [1.29, 1.82) is 0 Å². The number of nitrogens with zero attached hydrogens (tertiary/aromatic N) is 2. The molecule has 1 aliphatic heterocycles. The number of ketones is 1. The van der Waals surface area contributed by atoms with Crippen molar-refractivity contribution >= 4 is 32.0 Å². The molecule has 1 saturated heterocycles. The van der Waals surface area contributed by atoms with Gasteiger partial charge in [-0.15, -0.1) is 0 Å².